The van der Waals surface area contributed by atoms with Crippen LogP contribution in [0.15, 0.2) is 41.0 Å². The van der Waals surface area contributed by atoms with Crippen molar-refractivity contribution in [2.75, 3.05) is 0 Å². The predicted molar refractivity (Wildman–Crippen MR) is 70.4 cm³/mol. The van der Waals surface area contributed by atoms with Crippen LogP contribution in [-0.4, -0.2) is 11.6 Å². The number of Topliss-reactive ketones (excluding diaryl/α,β-unsaturated/α-hetero) is 2. The summed E-state index contributed by atoms with van der Waals surface area (Å²) in [6, 6.07) is 9.17. The van der Waals surface area contributed by atoms with Crippen molar-refractivity contribution in [2.24, 2.45) is 5.92 Å². The Kier molecular flexibility index (Phi) is 2.82. The molecule has 1 aromatic carbocycles. The smallest absolute Gasteiger partial charge is 0.177 e. The van der Waals surface area contributed by atoms with Crippen molar-refractivity contribution in [2.45, 2.75) is 19.8 Å². The number of carbonyl (C=O) groups is 2. The number of ketones is 2. The lowest BCUT2D eigenvalue weighted by Gasteiger charge is -2.21. The minimum Gasteiger partial charge on any atom is -0.469 e. The number of benzene rings is 1. The number of hydrogen-bond donors (Lipinski definition) is 0. The van der Waals surface area contributed by atoms with Gasteiger partial charge in [-0.3, -0.25) is 9.59 Å². The Bertz CT molecular complexity index is 652. The van der Waals surface area contributed by atoms with Crippen molar-refractivity contribution in [3.63, 3.8) is 0 Å². The Hall–Kier alpha value is -2.16. The second-order valence-electron chi connectivity index (χ2n) is 4.87. The molecule has 3 rings (SSSR count). The first-order valence-electron chi connectivity index (χ1n) is 6.39. The maximum atomic E-state index is 12.4. The van der Waals surface area contributed by atoms with E-state index >= 15 is 0 Å². The molecule has 3 heteroatoms. The first-order chi connectivity index (χ1) is 9.18. The maximum Gasteiger partial charge on any atom is 0.177 e. The largest absolute Gasteiger partial charge is 0.469 e. The van der Waals surface area contributed by atoms with Gasteiger partial charge in [0.1, 0.15) is 5.76 Å². The van der Waals surface area contributed by atoms with E-state index in [-0.39, 0.29) is 11.6 Å². The molecule has 1 atom stereocenters. The summed E-state index contributed by atoms with van der Waals surface area (Å²) in [5, 5.41) is 0. The molecule has 0 saturated carbocycles. The van der Waals surface area contributed by atoms with Crippen molar-refractivity contribution in [1.82, 2.24) is 0 Å². The van der Waals surface area contributed by atoms with Crippen molar-refractivity contribution in [3.05, 3.63) is 59.0 Å². The molecular formula is C16H14O3. The van der Waals surface area contributed by atoms with Gasteiger partial charge in [-0.1, -0.05) is 24.3 Å². The molecule has 0 fully saturated rings. The van der Waals surface area contributed by atoms with E-state index in [1.54, 1.807) is 19.1 Å². The van der Waals surface area contributed by atoms with E-state index in [0.29, 0.717) is 23.3 Å². The summed E-state index contributed by atoms with van der Waals surface area (Å²) in [6.07, 6.45) is 2.85. The molecule has 1 heterocycles. The van der Waals surface area contributed by atoms with Crippen LogP contribution < -0.4 is 0 Å². The van der Waals surface area contributed by atoms with Gasteiger partial charge >= 0.3 is 0 Å². The van der Waals surface area contributed by atoms with Gasteiger partial charge in [0.15, 0.2) is 11.6 Å². The summed E-state index contributed by atoms with van der Waals surface area (Å²) in [5.41, 5.74) is 2.26. The summed E-state index contributed by atoms with van der Waals surface area (Å²) in [4.78, 5) is 24.8. The Morgan fingerprint density at radius 1 is 1.26 bits per heavy atom. The normalized spacial score (nSPS) is 18.2. The van der Waals surface area contributed by atoms with E-state index in [4.69, 9.17) is 4.42 Å². The quantitative estimate of drug-likeness (QED) is 0.610. The molecule has 0 bridgehead atoms. The Balaban J connectivity index is 1.95. The van der Waals surface area contributed by atoms with Gasteiger partial charge in [0, 0.05) is 5.56 Å². The molecule has 19 heavy (non-hydrogen) atoms. The van der Waals surface area contributed by atoms with E-state index in [1.807, 2.05) is 18.2 Å². The zero-order chi connectivity index (χ0) is 13.4. The summed E-state index contributed by atoms with van der Waals surface area (Å²) in [5.74, 6) is -0.166. The molecule has 0 amide bonds. The van der Waals surface area contributed by atoms with E-state index in [9.17, 15) is 9.59 Å². The van der Waals surface area contributed by atoms with Crippen LogP contribution in [0.2, 0.25) is 0 Å². The summed E-state index contributed by atoms with van der Waals surface area (Å²) < 4.78 is 5.15. The second kappa shape index (κ2) is 4.50. The number of carbonyl (C=O) groups excluding carboxylic acids is 2. The molecule has 96 valence electrons. The van der Waals surface area contributed by atoms with Crippen molar-refractivity contribution >= 4 is 11.6 Å². The van der Waals surface area contributed by atoms with Gasteiger partial charge in [0.2, 0.25) is 0 Å². The van der Waals surface area contributed by atoms with Gasteiger partial charge in [-0.2, -0.15) is 0 Å². The third-order valence-electron chi connectivity index (χ3n) is 3.74. The van der Waals surface area contributed by atoms with E-state index in [2.05, 4.69) is 0 Å². The van der Waals surface area contributed by atoms with E-state index in [0.717, 1.165) is 12.0 Å². The lowest BCUT2D eigenvalue weighted by Crippen LogP contribution is -2.29. The molecule has 1 aliphatic rings. The molecule has 1 aromatic heterocycles. The van der Waals surface area contributed by atoms with Crippen LogP contribution in [0, 0.1) is 12.8 Å². The molecule has 0 N–H and O–H groups in total. The number of rotatable bonds is 2. The van der Waals surface area contributed by atoms with Crippen LogP contribution in [0.4, 0.5) is 0 Å². The van der Waals surface area contributed by atoms with Gasteiger partial charge in [-0.25, -0.2) is 0 Å². The fourth-order valence-electron chi connectivity index (χ4n) is 2.68. The second-order valence-corrected chi connectivity index (χ2v) is 4.87. The minimum atomic E-state index is -0.564. The van der Waals surface area contributed by atoms with Gasteiger partial charge in [0.05, 0.1) is 17.7 Å². The number of hydrogen-bond acceptors (Lipinski definition) is 3. The Morgan fingerprint density at radius 2 is 2.05 bits per heavy atom. The summed E-state index contributed by atoms with van der Waals surface area (Å²) >= 11 is 0. The van der Waals surface area contributed by atoms with Gasteiger partial charge in [-0.15, -0.1) is 0 Å². The number of aryl methyl sites for hydroxylation is 2. The Labute approximate surface area is 111 Å². The van der Waals surface area contributed by atoms with Crippen molar-refractivity contribution < 1.29 is 14.0 Å². The van der Waals surface area contributed by atoms with Crippen molar-refractivity contribution in [1.29, 1.82) is 0 Å². The van der Waals surface area contributed by atoms with Gasteiger partial charge < -0.3 is 4.42 Å². The zero-order valence-electron chi connectivity index (χ0n) is 10.7. The highest BCUT2D eigenvalue weighted by atomic mass is 16.3. The highest BCUT2D eigenvalue weighted by molar-refractivity contribution is 6.17. The molecule has 0 aliphatic heterocycles. The van der Waals surface area contributed by atoms with Crippen LogP contribution in [0.25, 0.3) is 0 Å². The van der Waals surface area contributed by atoms with Gasteiger partial charge in [0.25, 0.3) is 0 Å². The third-order valence-corrected chi connectivity index (χ3v) is 3.74. The third kappa shape index (κ3) is 1.91. The van der Waals surface area contributed by atoms with Crippen LogP contribution >= 0.6 is 0 Å². The fraction of sp³-hybridized carbons (Fsp3) is 0.250. The van der Waals surface area contributed by atoms with Gasteiger partial charge in [-0.05, 0) is 31.4 Å². The molecule has 0 saturated heterocycles. The van der Waals surface area contributed by atoms with Crippen LogP contribution in [0.1, 0.15) is 38.5 Å². The van der Waals surface area contributed by atoms with Crippen LogP contribution in [-0.2, 0) is 6.42 Å². The highest BCUT2D eigenvalue weighted by Crippen LogP contribution is 2.28. The van der Waals surface area contributed by atoms with Crippen molar-refractivity contribution in [3.8, 4) is 0 Å². The number of furan rings is 1. The predicted octanol–water partition coefficient (Wildman–Crippen LogP) is 3.22. The lowest BCUT2D eigenvalue weighted by atomic mass is 9.79. The average Bonchev–Trinajstić information content (AvgIpc) is 2.85. The first-order valence-corrected chi connectivity index (χ1v) is 6.39. The van der Waals surface area contributed by atoms with E-state index < -0.39 is 5.92 Å². The SMILES string of the molecule is Cc1occc1C(=O)C1CCc2ccccc2C1=O. The molecule has 2 aromatic rings. The molecule has 1 aliphatic carbocycles. The number of fused-ring (bicyclic) bond motifs is 1. The monoisotopic (exact) mass is 254 g/mol. The first kappa shape index (κ1) is 11.9. The topological polar surface area (TPSA) is 47.3 Å². The molecular weight excluding hydrogens is 240 g/mol. The van der Waals surface area contributed by atoms with E-state index in [1.165, 1.54) is 6.26 Å². The lowest BCUT2D eigenvalue weighted by molar-refractivity contribution is 0.0790. The zero-order valence-corrected chi connectivity index (χ0v) is 10.7. The molecule has 1 unspecified atom stereocenters. The van der Waals surface area contributed by atoms with Crippen LogP contribution in [0.5, 0.6) is 0 Å². The summed E-state index contributed by atoms with van der Waals surface area (Å²) in [7, 11) is 0. The molecule has 0 radical (unpaired) electrons. The van der Waals surface area contributed by atoms with Crippen LogP contribution in [0.3, 0.4) is 0 Å². The standard InChI is InChI=1S/C16H14O3/c1-10-12(8-9-19-10)15(17)14-7-6-11-4-2-3-5-13(11)16(14)18/h2-5,8-9,14H,6-7H2,1H3. The Morgan fingerprint density at radius 3 is 2.79 bits per heavy atom. The molecule has 3 nitrogen and oxygen atoms in total. The summed E-state index contributed by atoms with van der Waals surface area (Å²) in [6.45, 7) is 1.74. The highest BCUT2D eigenvalue weighted by Gasteiger charge is 2.34. The minimum absolute atomic E-state index is 0.0625. The molecule has 0 spiro atoms. The fourth-order valence-corrected chi connectivity index (χ4v) is 2.68. The maximum absolute atomic E-state index is 12.4. The average molecular weight is 254 g/mol.